The quantitative estimate of drug-likeness (QED) is 0.721. The maximum atomic E-state index is 10.3. The number of aliphatic hydroxyl groups excluding tert-OH is 1. The van der Waals surface area contributed by atoms with Gasteiger partial charge in [0, 0.05) is 6.54 Å². The Morgan fingerprint density at radius 1 is 1.11 bits per heavy atom. The van der Waals surface area contributed by atoms with E-state index in [4.69, 9.17) is 0 Å². The predicted octanol–water partition coefficient (Wildman–Crippen LogP) is 2.20. The molecule has 0 aromatic heterocycles. The van der Waals surface area contributed by atoms with Gasteiger partial charge < -0.3 is 14.9 Å². The molecule has 1 aliphatic rings. The minimum Gasteiger partial charge on any atom is -0.392 e. The summed E-state index contributed by atoms with van der Waals surface area (Å²) in [4.78, 5) is 4.63. The highest BCUT2D eigenvalue weighted by molar-refractivity contribution is 4.76. The molecule has 1 N–H and O–H groups in total. The highest BCUT2D eigenvalue weighted by Crippen LogP contribution is 2.26. The molecule has 1 fully saturated rings. The minimum absolute atomic E-state index is 0.107. The second-order valence-corrected chi connectivity index (χ2v) is 6.02. The Balaban J connectivity index is 2.23. The van der Waals surface area contributed by atoms with E-state index >= 15 is 0 Å². The zero-order chi connectivity index (χ0) is 13.4. The smallest absolute Gasteiger partial charge is 0.0695 e. The van der Waals surface area contributed by atoms with Crippen LogP contribution in [-0.2, 0) is 0 Å². The summed E-state index contributed by atoms with van der Waals surface area (Å²) in [6.07, 6.45) is 7.54. The van der Waals surface area contributed by atoms with Crippen molar-refractivity contribution in [2.24, 2.45) is 5.92 Å². The molecule has 0 heterocycles. The topological polar surface area (TPSA) is 26.7 Å². The van der Waals surface area contributed by atoms with Crippen LogP contribution in [0.2, 0.25) is 0 Å². The third-order valence-corrected chi connectivity index (χ3v) is 4.17. The largest absolute Gasteiger partial charge is 0.392 e. The SMILES string of the molecule is CCN(CCCN(C)C)CC(O)C1CCCCC1. The Kier molecular flexibility index (Phi) is 7.87. The van der Waals surface area contributed by atoms with E-state index in [0.717, 1.165) is 26.2 Å². The van der Waals surface area contributed by atoms with Gasteiger partial charge in [-0.2, -0.15) is 0 Å². The molecule has 1 rings (SSSR count). The Morgan fingerprint density at radius 2 is 1.78 bits per heavy atom. The van der Waals surface area contributed by atoms with E-state index in [1.165, 1.54) is 38.5 Å². The van der Waals surface area contributed by atoms with Crippen LogP contribution in [-0.4, -0.2) is 61.3 Å². The third kappa shape index (κ3) is 6.17. The van der Waals surface area contributed by atoms with Crippen LogP contribution in [0.5, 0.6) is 0 Å². The average molecular weight is 256 g/mol. The van der Waals surface area contributed by atoms with Gasteiger partial charge in [0.15, 0.2) is 0 Å². The monoisotopic (exact) mass is 256 g/mol. The Morgan fingerprint density at radius 3 is 2.33 bits per heavy atom. The van der Waals surface area contributed by atoms with Crippen LogP contribution in [0.4, 0.5) is 0 Å². The second kappa shape index (κ2) is 8.89. The van der Waals surface area contributed by atoms with Gasteiger partial charge in [0.2, 0.25) is 0 Å². The minimum atomic E-state index is -0.107. The van der Waals surface area contributed by atoms with E-state index in [9.17, 15) is 5.11 Å². The Hall–Kier alpha value is -0.120. The van der Waals surface area contributed by atoms with E-state index in [0.29, 0.717) is 5.92 Å². The molecule has 0 amide bonds. The summed E-state index contributed by atoms with van der Waals surface area (Å²) in [7, 11) is 4.24. The summed E-state index contributed by atoms with van der Waals surface area (Å²) in [5, 5.41) is 10.3. The summed E-state index contributed by atoms with van der Waals surface area (Å²) in [6.45, 7) is 6.36. The van der Waals surface area contributed by atoms with Crippen molar-refractivity contribution >= 4 is 0 Å². The summed E-state index contributed by atoms with van der Waals surface area (Å²) < 4.78 is 0. The van der Waals surface area contributed by atoms with Crippen molar-refractivity contribution in [2.75, 3.05) is 40.3 Å². The van der Waals surface area contributed by atoms with E-state index in [2.05, 4.69) is 30.8 Å². The highest BCUT2D eigenvalue weighted by atomic mass is 16.3. The molecule has 1 saturated carbocycles. The van der Waals surface area contributed by atoms with E-state index in [1.54, 1.807) is 0 Å². The molecule has 108 valence electrons. The van der Waals surface area contributed by atoms with Crippen molar-refractivity contribution < 1.29 is 5.11 Å². The molecule has 1 atom stereocenters. The first-order valence-electron chi connectivity index (χ1n) is 7.68. The van der Waals surface area contributed by atoms with Crippen LogP contribution in [0.1, 0.15) is 45.4 Å². The van der Waals surface area contributed by atoms with Gasteiger partial charge in [0.1, 0.15) is 0 Å². The van der Waals surface area contributed by atoms with Crippen molar-refractivity contribution in [1.29, 1.82) is 0 Å². The van der Waals surface area contributed by atoms with Crippen LogP contribution in [0.15, 0.2) is 0 Å². The number of likely N-dealkylation sites (N-methyl/N-ethyl adjacent to an activating group) is 1. The molecule has 18 heavy (non-hydrogen) atoms. The van der Waals surface area contributed by atoms with Gasteiger partial charge in [0.25, 0.3) is 0 Å². The van der Waals surface area contributed by atoms with Crippen LogP contribution >= 0.6 is 0 Å². The number of aliphatic hydroxyl groups is 1. The Bertz CT molecular complexity index is 203. The molecule has 1 aliphatic carbocycles. The lowest BCUT2D eigenvalue weighted by Crippen LogP contribution is -2.38. The molecule has 0 saturated heterocycles. The maximum absolute atomic E-state index is 10.3. The standard InChI is InChI=1S/C15H32N2O/c1-4-17(12-8-11-16(2)3)13-15(18)14-9-6-5-7-10-14/h14-15,18H,4-13H2,1-3H3. The van der Waals surface area contributed by atoms with Crippen molar-refractivity contribution in [1.82, 2.24) is 9.80 Å². The van der Waals surface area contributed by atoms with Crippen LogP contribution in [0.25, 0.3) is 0 Å². The molecular formula is C15H32N2O. The first-order chi connectivity index (χ1) is 8.63. The fourth-order valence-electron chi connectivity index (χ4n) is 2.92. The second-order valence-electron chi connectivity index (χ2n) is 6.02. The fraction of sp³-hybridized carbons (Fsp3) is 1.00. The average Bonchev–Trinajstić information content (AvgIpc) is 2.38. The molecule has 0 bridgehead atoms. The lowest BCUT2D eigenvalue weighted by atomic mass is 9.85. The summed E-state index contributed by atoms with van der Waals surface area (Å²) in [5.74, 6) is 0.557. The molecule has 0 spiro atoms. The summed E-state index contributed by atoms with van der Waals surface area (Å²) in [6, 6.07) is 0. The lowest BCUT2D eigenvalue weighted by Gasteiger charge is -2.31. The lowest BCUT2D eigenvalue weighted by molar-refractivity contribution is 0.0482. The maximum Gasteiger partial charge on any atom is 0.0695 e. The fourth-order valence-corrected chi connectivity index (χ4v) is 2.92. The van der Waals surface area contributed by atoms with Crippen LogP contribution in [0.3, 0.4) is 0 Å². The highest BCUT2D eigenvalue weighted by Gasteiger charge is 2.23. The van der Waals surface area contributed by atoms with Gasteiger partial charge >= 0.3 is 0 Å². The van der Waals surface area contributed by atoms with Crippen LogP contribution < -0.4 is 0 Å². The van der Waals surface area contributed by atoms with Gasteiger partial charge in [-0.1, -0.05) is 26.2 Å². The van der Waals surface area contributed by atoms with Crippen molar-refractivity contribution in [3.05, 3.63) is 0 Å². The molecule has 0 radical (unpaired) electrons. The van der Waals surface area contributed by atoms with E-state index < -0.39 is 0 Å². The van der Waals surface area contributed by atoms with Gasteiger partial charge in [0.05, 0.1) is 6.10 Å². The van der Waals surface area contributed by atoms with Crippen molar-refractivity contribution in [3.8, 4) is 0 Å². The first-order valence-corrected chi connectivity index (χ1v) is 7.68. The molecule has 1 unspecified atom stereocenters. The normalized spacial score (nSPS) is 19.7. The number of hydrogen-bond donors (Lipinski definition) is 1. The van der Waals surface area contributed by atoms with Gasteiger partial charge in [-0.3, -0.25) is 0 Å². The number of nitrogens with zero attached hydrogens (tertiary/aromatic N) is 2. The summed E-state index contributed by atoms with van der Waals surface area (Å²) >= 11 is 0. The molecule has 3 heteroatoms. The Labute approximate surface area is 113 Å². The molecule has 0 aromatic rings. The van der Waals surface area contributed by atoms with E-state index in [-0.39, 0.29) is 6.10 Å². The molecule has 3 nitrogen and oxygen atoms in total. The number of hydrogen-bond acceptors (Lipinski definition) is 3. The van der Waals surface area contributed by atoms with Gasteiger partial charge in [-0.25, -0.2) is 0 Å². The van der Waals surface area contributed by atoms with Gasteiger partial charge in [-0.15, -0.1) is 0 Å². The third-order valence-electron chi connectivity index (χ3n) is 4.17. The predicted molar refractivity (Wildman–Crippen MR) is 77.9 cm³/mol. The first kappa shape index (κ1) is 15.9. The molecule has 0 aliphatic heterocycles. The zero-order valence-electron chi connectivity index (χ0n) is 12.6. The van der Waals surface area contributed by atoms with E-state index in [1.807, 2.05) is 0 Å². The molecule has 0 aromatic carbocycles. The summed E-state index contributed by atoms with van der Waals surface area (Å²) in [5.41, 5.74) is 0. The van der Waals surface area contributed by atoms with Crippen molar-refractivity contribution in [3.63, 3.8) is 0 Å². The van der Waals surface area contributed by atoms with Crippen LogP contribution in [0, 0.1) is 5.92 Å². The van der Waals surface area contributed by atoms with Crippen molar-refractivity contribution in [2.45, 2.75) is 51.6 Å². The molecular weight excluding hydrogens is 224 g/mol. The number of rotatable bonds is 8. The van der Waals surface area contributed by atoms with Gasteiger partial charge in [-0.05, 0) is 58.9 Å². The zero-order valence-corrected chi connectivity index (χ0v) is 12.6.